The number of ether oxygens (including phenoxy) is 1. The number of aryl methyl sites for hydroxylation is 1. The average molecular weight is 480 g/mol. The molecule has 1 N–H and O–H groups in total. The predicted octanol–water partition coefficient (Wildman–Crippen LogP) is 8.07. The lowest BCUT2D eigenvalue weighted by molar-refractivity contribution is -0.111. The van der Waals surface area contributed by atoms with Crippen molar-refractivity contribution in [3.05, 3.63) is 87.6 Å². The van der Waals surface area contributed by atoms with Crippen LogP contribution in [0.2, 0.25) is 10.0 Å². The van der Waals surface area contributed by atoms with E-state index in [0.29, 0.717) is 21.4 Å². The smallest absolute Gasteiger partial charge is 0.248 e. The highest BCUT2D eigenvalue weighted by atomic mass is 35.5. The van der Waals surface area contributed by atoms with Gasteiger partial charge in [0, 0.05) is 44.9 Å². The van der Waals surface area contributed by atoms with Gasteiger partial charge in [-0.25, -0.2) is 0 Å². The third kappa shape index (κ3) is 4.63. The van der Waals surface area contributed by atoms with Crippen molar-refractivity contribution >= 4 is 51.3 Å². The van der Waals surface area contributed by atoms with Crippen molar-refractivity contribution in [1.82, 2.24) is 0 Å². The van der Waals surface area contributed by atoms with Crippen LogP contribution < -0.4 is 10.1 Å². The fourth-order valence-corrected chi connectivity index (χ4v) is 4.29. The summed E-state index contributed by atoms with van der Waals surface area (Å²) in [5.74, 6) is 0.399. The van der Waals surface area contributed by atoms with Gasteiger partial charge >= 0.3 is 0 Å². The van der Waals surface area contributed by atoms with Gasteiger partial charge in [0.05, 0.1) is 18.4 Å². The van der Waals surface area contributed by atoms with Crippen LogP contribution in [-0.2, 0) is 4.79 Å². The molecule has 1 amide bonds. The van der Waals surface area contributed by atoms with Gasteiger partial charge in [-0.05, 0) is 61.7 Å². The van der Waals surface area contributed by atoms with E-state index in [9.17, 15) is 4.79 Å². The van der Waals surface area contributed by atoms with E-state index in [-0.39, 0.29) is 5.91 Å². The van der Waals surface area contributed by atoms with Crippen LogP contribution in [0.25, 0.3) is 27.7 Å². The van der Waals surface area contributed by atoms with Crippen LogP contribution in [-0.4, -0.2) is 13.0 Å². The van der Waals surface area contributed by atoms with E-state index in [4.69, 9.17) is 32.4 Å². The van der Waals surface area contributed by atoms with E-state index >= 15 is 0 Å². The molecule has 0 radical (unpaired) electrons. The number of fused-ring (bicyclic) bond motifs is 1. The molecule has 0 spiro atoms. The third-order valence-corrected chi connectivity index (χ3v) is 6.30. The molecule has 0 aliphatic rings. The molecule has 4 aromatic rings. The van der Waals surface area contributed by atoms with Crippen molar-refractivity contribution < 1.29 is 13.9 Å². The van der Waals surface area contributed by atoms with Crippen molar-refractivity contribution in [3.8, 4) is 16.9 Å². The number of hydrogen-bond donors (Lipinski definition) is 1. The number of rotatable bonds is 5. The number of methoxy groups -OCH3 is 1. The summed E-state index contributed by atoms with van der Waals surface area (Å²) in [6.45, 7) is 5.88. The molecule has 3 aromatic carbocycles. The van der Waals surface area contributed by atoms with Gasteiger partial charge in [0.1, 0.15) is 11.3 Å². The molecule has 0 bridgehead atoms. The Balaban J connectivity index is 1.74. The van der Waals surface area contributed by atoms with Gasteiger partial charge in [0.25, 0.3) is 0 Å². The van der Waals surface area contributed by atoms with Crippen molar-refractivity contribution in [3.63, 3.8) is 0 Å². The van der Waals surface area contributed by atoms with Gasteiger partial charge in [-0.1, -0.05) is 41.4 Å². The summed E-state index contributed by atoms with van der Waals surface area (Å²) in [6.07, 6.45) is 3.23. The first kappa shape index (κ1) is 23.0. The van der Waals surface area contributed by atoms with Crippen LogP contribution in [0.3, 0.4) is 0 Å². The quantitative estimate of drug-likeness (QED) is 0.294. The van der Waals surface area contributed by atoms with E-state index in [1.807, 2.05) is 57.2 Å². The fourth-order valence-electron chi connectivity index (χ4n) is 3.78. The Morgan fingerprint density at radius 2 is 1.85 bits per heavy atom. The Kier molecular flexibility index (Phi) is 6.50. The molecule has 168 valence electrons. The minimum atomic E-state index is -0.212. The standard InChI is InChI=1S/C27H23Cl2NO3/c1-15-6-5-7-24(17(15)3)30-27(31)10-16(2)20-12-21-22(14-33-26(21)13-25(20)32-4)19-9-8-18(28)11-23(19)29/h5-14H,1-4H3,(H,30,31)/b16-10+. The predicted molar refractivity (Wildman–Crippen MR) is 136 cm³/mol. The highest BCUT2D eigenvalue weighted by molar-refractivity contribution is 6.36. The number of hydrogen-bond acceptors (Lipinski definition) is 3. The molecule has 0 fully saturated rings. The molecule has 33 heavy (non-hydrogen) atoms. The maximum absolute atomic E-state index is 12.8. The molecule has 0 aliphatic carbocycles. The molecular formula is C27H23Cl2NO3. The van der Waals surface area contributed by atoms with Crippen LogP contribution in [0.1, 0.15) is 23.6 Å². The molecule has 6 heteroatoms. The lowest BCUT2D eigenvalue weighted by Gasteiger charge is -2.12. The average Bonchev–Trinajstić information content (AvgIpc) is 3.18. The zero-order chi connectivity index (χ0) is 23.7. The van der Waals surface area contributed by atoms with Crippen LogP contribution in [0.15, 0.2) is 65.3 Å². The SMILES string of the molecule is COc1cc2occ(-c3ccc(Cl)cc3Cl)c2cc1/C(C)=C/C(=O)Nc1cccc(C)c1C. The zero-order valence-electron chi connectivity index (χ0n) is 18.8. The van der Waals surface area contributed by atoms with Gasteiger partial charge in [0.15, 0.2) is 0 Å². The summed E-state index contributed by atoms with van der Waals surface area (Å²) in [5, 5.41) is 4.92. The van der Waals surface area contributed by atoms with E-state index in [2.05, 4.69) is 5.32 Å². The number of amides is 1. The lowest BCUT2D eigenvalue weighted by atomic mass is 9.99. The largest absolute Gasteiger partial charge is 0.496 e. The molecule has 1 aromatic heterocycles. The molecular weight excluding hydrogens is 457 g/mol. The van der Waals surface area contributed by atoms with Crippen LogP contribution in [0, 0.1) is 13.8 Å². The Morgan fingerprint density at radius 3 is 2.58 bits per heavy atom. The molecule has 0 unspecified atom stereocenters. The fraction of sp³-hybridized carbons (Fsp3) is 0.148. The van der Waals surface area contributed by atoms with Crippen molar-refractivity contribution in [2.45, 2.75) is 20.8 Å². The highest BCUT2D eigenvalue weighted by Crippen LogP contribution is 2.40. The zero-order valence-corrected chi connectivity index (χ0v) is 20.3. The topological polar surface area (TPSA) is 51.5 Å². The summed E-state index contributed by atoms with van der Waals surface area (Å²) in [4.78, 5) is 12.8. The van der Waals surface area contributed by atoms with Crippen molar-refractivity contribution in [2.75, 3.05) is 12.4 Å². The first-order valence-corrected chi connectivity index (χ1v) is 11.1. The number of carbonyl (C=O) groups excluding carboxylic acids is 1. The maximum atomic E-state index is 12.8. The summed E-state index contributed by atoms with van der Waals surface area (Å²) < 4.78 is 11.4. The Labute approximate surface area is 202 Å². The lowest BCUT2D eigenvalue weighted by Crippen LogP contribution is -2.10. The normalized spacial score (nSPS) is 11.6. The number of anilines is 1. The van der Waals surface area contributed by atoms with Gasteiger partial charge < -0.3 is 14.5 Å². The minimum absolute atomic E-state index is 0.212. The molecule has 0 aliphatic heterocycles. The molecule has 0 atom stereocenters. The molecule has 4 nitrogen and oxygen atoms in total. The first-order valence-electron chi connectivity index (χ1n) is 10.4. The summed E-state index contributed by atoms with van der Waals surface area (Å²) >= 11 is 12.5. The van der Waals surface area contributed by atoms with Crippen molar-refractivity contribution in [2.24, 2.45) is 0 Å². The second-order valence-electron chi connectivity index (χ2n) is 7.89. The van der Waals surface area contributed by atoms with E-state index in [1.54, 1.807) is 31.6 Å². The van der Waals surface area contributed by atoms with E-state index in [0.717, 1.165) is 44.5 Å². The minimum Gasteiger partial charge on any atom is -0.496 e. The molecule has 1 heterocycles. The summed E-state index contributed by atoms with van der Waals surface area (Å²) in [7, 11) is 1.59. The Morgan fingerprint density at radius 1 is 1.06 bits per heavy atom. The highest BCUT2D eigenvalue weighted by Gasteiger charge is 2.17. The third-order valence-electron chi connectivity index (χ3n) is 5.75. The van der Waals surface area contributed by atoms with E-state index in [1.165, 1.54) is 0 Å². The monoisotopic (exact) mass is 479 g/mol. The first-order chi connectivity index (χ1) is 15.8. The number of furan rings is 1. The second-order valence-corrected chi connectivity index (χ2v) is 8.73. The van der Waals surface area contributed by atoms with Gasteiger partial charge in [-0.15, -0.1) is 0 Å². The van der Waals surface area contributed by atoms with Crippen LogP contribution >= 0.6 is 23.2 Å². The van der Waals surface area contributed by atoms with Gasteiger partial charge in [-0.2, -0.15) is 0 Å². The molecule has 0 saturated carbocycles. The number of halogens is 2. The Bertz CT molecular complexity index is 1400. The van der Waals surface area contributed by atoms with Crippen molar-refractivity contribution in [1.29, 1.82) is 0 Å². The number of allylic oxidation sites excluding steroid dienone is 1. The van der Waals surface area contributed by atoms with Crippen LogP contribution in [0.4, 0.5) is 5.69 Å². The number of nitrogens with one attached hydrogen (secondary N) is 1. The van der Waals surface area contributed by atoms with Crippen LogP contribution in [0.5, 0.6) is 5.75 Å². The van der Waals surface area contributed by atoms with Gasteiger partial charge in [-0.3, -0.25) is 4.79 Å². The van der Waals surface area contributed by atoms with Gasteiger partial charge in [0.2, 0.25) is 5.91 Å². The number of benzene rings is 3. The molecule has 4 rings (SSSR count). The Hall–Kier alpha value is -3.21. The molecule has 0 saturated heterocycles. The summed E-state index contributed by atoms with van der Waals surface area (Å²) in [6, 6.07) is 14.9. The second kappa shape index (κ2) is 9.34. The number of carbonyl (C=O) groups is 1. The maximum Gasteiger partial charge on any atom is 0.248 e. The summed E-state index contributed by atoms with van der Waals surface area (Å²) in [5.41, 5.74) is 6.80. The van der Waals surface area contributed by atoms with E-state index < -0.39 is 0 Å².